The van der Waals surface area contributed by atoms with Crippen LogP contribution in [-0.2, 0) is 4.79 Å². The number of Topliss-reactive ketones (excluding diaryl/α,β-unsaturated/α-hetero) is 1. The number of anilines is 1. The molecule has 0 aromatic heterocycles. The zero-order valence-corrected chi connectivity index (χ0v) is 13.6. The summed E-state index contributed by atoms with van der Waals surface area (Å²) in [5, 5.41) is 14.3. The van der Waals surface area contributed by atoms with E-state index < -0.39 is 24.3 Å². The number of carbonyl (C=O) groups is 2. The van der Waals surface area contributed by atoms with Crippen molar-refractivity contribution in [2.24, 2.45) is 11.0 Å². The number of halogens is 1. The lowest BCUT2D eigenvalue weighted by Crippen LogP contribution is -2.26. The van der Waals surface area contributed by atoms with Gasteiger partial charge < -0.3 is 9.84 Å². The number of benzene rings is 2. The number of rotatable bonds is 6. The first-order valence-electron chi connectivity index (χ1n) is 7.80. The van der Waals surface area contributed by atoms with Gasteiger partial charge in [0.25, 0.3) is 0 Å². The number of aliphatic carboxylic acids is 1. The normalized spacial score (nSPS) is 15.9. The van der Waals surface area contributed by atoms with E-state index in [1.807, 2.05) is 0 Å². The lowest BCUT2D eigenvalue weighted by molar-refractivity contribution is -0.139. The average Bonchev–Trinajstić information content (AvgIpc) is 3.10. The zero-order chi connectivity index (χ0) is 18.7. The minimum absolute atomic E-state index is 0.129. The molecule has 0 aliphatic carbocycles. The molecule has 6 nitrogen and oxygen atoms in total. The number of hydrogen-bond acceptors (Lipinski definition) is 5. The fraction of sp³-hybridized carbons (Fsp3) is 0.167. The predicted octanol–water partition coefficient (Wildman–Crippen LogP) is 1.39. The molecule has 1 aliphatic rings. The molecule has 1 atom stereocenters. The van der Waals surface area contributed by atoms with Gasteiger partial charge in [-0.15, -0.1) is 0 Å². The van der Waals surface area contributed by atoms with Gasteiger partial charge in [0.2, 0.25) is 0 Å². The zero-order valence-electron chi connectivity index (χ0n) is 13.6. The molecule has 1 aliphatic heterocycles. The number of hydrogen-bond donors (Lipinski definition) is 1. The van der Waals surface area contributed by atoms with Crippen LogP contribution >= 0.6 is 0 Å². The Balaban J connectivity index is 1.80. The maximum Gasteiger partial charge on any atom is 0.341 e. The molecule has 8 heteroatoms. The number of ketones is 1. The second kappa shape index (κ2) is 7.39. The van der Waals surface area contributed by atoms with E-state index in [2.05, 4.69) is 5.10 Å². The van der Waals surface area contributed by atoms with E-state index in [1.54, 1.807) is 18.2 Å². The highest BCUT2D eigenvalue weighted by molar-refractivity contribution is 6.33. The van der Waals surface area contributed by atoms with Gasteiger partial charge in [0, 0.05) is 6.21 Å². The first kappa shape index (κ1) is 17.7. The van der Waals surface area contributed by atoms with Crippen molar-refractivity contribution < 1.29 is 23.8 Å². The largest absolute Gasteiger partial charge is 0.481 e. The number of hydrazone groups is 1. The van der Waals surface area contributed by atoms with Crippen molar-refractivity contribution >= 4 is 37.0 Å². The van der Waals surface area contributed by atoms with Crippen LogP contribution in [0.3, 0.4) is 0 Å². The molecule has 0 bridgehead atoms. The Bertz CT molecular complexity index is 887. The molecule has 3 rings (SSSR count). The molecule has 2 aromatic rings. The van der Waals surface area contributed by atoms with Gasteiger partial charge in [0.1, 0.15) is 19.4 Å². The highest BCUT2D eigenvalue weighted by Gasteiger charge is 2.29. The van der Waals surface area contributed by atoms with Gasteiger partial charge in [-0.05, 0) is 18.2 Å². The minimum Gasteiger partial charge on any atom is -0.481 e. The van der Waals surface area contributed by atoms with E-state index in [-0.39, 0.29) is 29.3 Å². The van der Waals surface area contributed by atoms with E-state index in [9.17, 15) is 14.0 Å². The van der Waals surface area contributed by atoms with Crippen LogP contribution in [0.4, 0.5) is 10.1 Å². The monoisotopic (exact) mass is 352 g/mol. The number of ether oxygens (including phenoxy) is 1. The second-order valence-corrected chi connectivity index (χ2v) is 5.71. The Morgan fingerprint density at radius 1 is 1.31 bits per heavy atom. The summed E-state index contributed by atoms with van der Waals surface area (Å²) in [5.41, 5.74) is 0.781. The van der Waals surface area contributed by atoms with Crippen LogP contribution in [0, 0.1) is 11.7 Å². The molecule has 0 fully saturated rings. The van der Waals surface area contributed by atoms with Crippen molar-refractivity contribution in [1.82, 2.24) is 0 Å². The van der Waals surface area contributed by atoms with Crippen LogP contribution < -0.4 is 15.2 Å². The van der Waals surface area contributed by atoms with Gasteiger partial charge in [-0.2, -0.15) is 5.10 Å². The number of nitrogens with zero attached hydrogens (tertiary/aromatic N) is 2. The third-order valence-corrected chi connectivity index (χ3v) is 3.84. The van der Waals surface area contributed by atoms with E-state index >= 15 is 0 Å². The van der Waals surface area contributed by atoms with Crippen molar-refractivity contribution in [3.05, 3.63) is 53.8 Å². The number of carboxylic acid groups (broad SMARTS) is 1. The van der Waals surface area contributed by atoms with Crippen molar-refractivity contribution in [3.8, 4) is 5.75 Å². The van der Waals surface area contributed by atoms with Gasteiger partial charge in [-0.1, -0.05) is 29.7 Å². The molecular weight excluding hydrogens is 338 g/mol. The number of carboxylic acids is 1. The fourth-order valence-electron chi connectivity index (χ4n) is 2.62. The van der Waals surface area contributed by atoms with Crippen molar-refractivity contribution in [2.75, 3.05) is 18.2 Å². The number of carbonyl (C=O) groups excluding carboxylic acids is 1. The molecule has 1 unspecified atom stereocenters. The average molecular weight is 352 g/mol. The smallest absolute Gasteiger partial charge is 0.341 e. The van der Waals surface area contributed by atoms with Gasteiger partial charge in [-0.3, -0.25) is 9.80 Å². The standard InChI is InChI=1S/C18H14BFN2O4/c19-12-5-6-16(26-10-17(23)24)13(7-12)18(25)11-8-21-22(9-11)15-4-2-1-3-14(15)20/h1-8,11H,9-10H2,(H,23,24). The molecule has 0 saturated heterocycles. The van der Waals surface area contributed by atoms with Gasteiger partial charge in [0.15, 0.2) is 12.4 Å². The van der Waals surface area contributed by atoms with Crippen LogP contribution in [0.1, 0.15) is 10.4 Å². The summed E-state index contributed by atoms with van der Waals surface area (Å²) in [7, 11) is 5.74. The molecule has 0 amide bonds. The van der Waals surface area contributed by atoms with E-state index in [1.165, 1.54) is 35.5 Å². The molecular formula is C18H14BFN2O4. The Morgan fingerprint density at radius 2 is 2.08 bits per heavy atom. The van der Waals surface area contributed by atoms with Crippen LogP contribution in [0.5, 0.6) is 5.75 Å². The topological polar surface area (TPSA) is 79.2 Å². The third-order valence-electron chi connectivity index (χ3n) is 3.84. The summed E-state index contributed by atoms with van der Waals surface area (Å²) in [6.07, 6.45) is 1.43. The van der Waals surface area contributed by atoms with Gasteiger partial charge >= 0.3 is 5.97 Å². The Hall–Kier alpha value is -3.16. The SMILES string of the molecule is [B]c1ccc(OCC(=O)O)c(C(=O)C2C=NN(c3ccccc3F)C2)c1. The Labute approximate surface area is 150 Å². The lowest BCUT2D eigenvalue weighted by Gasteiger charge is -2.17. The third kappa shape index (κ3) is 3.74. The quantitative estimate of drug-likeness (QED) is 0.628. The fourth-order valence-corrected chi connectivity index (χ4v) is 2.62. The highest BCUT2D eigenvalue weighted by Crippen LogP contribution is 2.26. The van der Waals surface area contributed by atoms with Crippen molar-refractivity contribution in [1.29, 1.82) is 0 Å². The summed E-state index contributed by atoms with van der Waals surface area (Å²) in [6, 6.07) is 10.5. The van der Waals surface area contributed by atoms with Crippen LogP contribution in [0.15, 0.2) is 47.6 Å². The summed E-state index contributed by atoms with van der Waals surface area (Å²) >= 11 is 0. The van der Waals surface area contributed by atoms with Gasteiger partial charge in [0.05, 0.1) is 23.7 Å². The molecule has 1 heterocycles. The summed E-state index contributed by atoms with van der Waals surface area (Å²) in [6.45, 7) is -0.419. The maximum atomic E-state index is 13.9. The van der Waals surface area contributed by atoms with Crippen LogP contribution in [0.2, 0.25) is 0 Å². The molecule has 26 heavy (non-hydrogen) atoms. The molecule has 130 valence electrons. The summed E-state index contributed by atoms with van der Waals surface area (Å²) < 4.78 is 19.1. The molecule has 0 saturated carbocycles. The number of para-hydroxylation sites is 1. The van der Waals surface area contributed by atoms with Crippen LogP contribution in [-0.4, -0.2) is 44.1 Å². The maximum absolute atomic E-state index is 13.9. The highest BCUT2D eigenvalue weighted by atomic mass is 19.1. The second-order valence-electron chi connectivity index (χ2n) is 5.71. The first-order valence-corrected chi connectivity index (χ1v) is 7.80. The Kier molecular flexibility index (Phi) is 5.02. The molecule has 2 aromatic carbocycles. The van der Waals surface area contributed by atoms with Gasteiger partial charge in [-0.25, -0.2) is 9.18 Å². The minimum atomic E-state index is -1.16. The van der Waals surface area contributed by atoms with E-state index in [0.717, 1.165) is 0 Å². The van der Waals surface area contributed by atoms with Crippen LogP contribution in [0.25, 0.3) is 0 Å². The van der Waals surface area contributed by atoms with E-state index in [4.69, 9.17) is 17.7 Å². The first-order chi connectivity index (χ1) is 12.5. The van der Waals surface area contributed by atoms with Crippen molar-refractivity contribution in [3.63, 3.8) is 0 Å². The molecule has 2 radical (unpaired) electrons. The van der Waals surface area contributed by atoms with Crippen molar-refractivity contribution in [2.45, 2.75) is 0 Å². The predicted molar refractivity (Wildman–Crippen MR) is 95.0 cm³/mol. The molecule has 1 N–H and O–H groups in total. The Morgan fingerprint density at radius 3 is 2.81 bits per heavy atom. The molecule has 0 spiro atoms. The van der Waals surface area contributed by atoms with E-state index in [0.29, 0.717) is 5.46 Å². The lowest BCUT2D eigenvalue weighted by atomic mass is 9.90. The summed E-state index contributed by atoms with van der Waals surface area (Å²) in [5.74, 6) is -2.44. The summed E-state index contributed by atoms with van der Waals surface area (Å²) in [4.78, 5) is 23.5.